The van der Waals surface area contributed by atoms with E-state index < -0.39 is 0 Å². The molecule has 0 heterocycles. The van der Waals surface area contributed by atoms with Crippen LogP contribution in [0.5, 0.6) is 0 Å². The fraction of sp³-hybridized carbons (Fsp3) is 0.333. The maximum Gasteiger partial charge on any atom is 0.0748 e. The highest BCUT2D eigenvalue weighted by Crippen LogP contribution is 2.11. The average Bonchev–Trinajstić information content (AvgIpc) is 2.18. The molecule has 0 bridgehead atoms. The molecule has 0 aromatic heterocycles. The van der Waals surface area contributed by atoms with Crippen LogP contribution in [0.4, 0.5) is 0 Å². The molecule has 1 heteroatoms. The second kappa shape index (κ2) is 4.83. The zero-order valence-corrected chi connectivity index (χ0v) is 8.03. The van der Waals surface area contributed by atoms with E-state index in [1.165, 1.54) is 5.56 Å². The standard InChI is InChI=1S/C12H16O/c1-3-12(13)10(2)9-11-7-5-4-6-8-11/h4-8,12-13H,2-3,9H2,1H3/t12-/m0/s1. The first-order valence-electron chi connectivity index (χ1n) is 4.63. The van der Waals surface area contributed by atoms with Crippen molar-refractivity contribution in [3.05, 3.63) is 48.0 Å². The van der Waals surface area contributed by atoms with E-state index >= 15 is 0 Å². The fourth-order valence-electron chi connectivity index (χ4n) is 1.26. The Kier molecular flexibility index (Phi) is 3.71. The Labute approximate surface area is 79.7 Å². The van der Waals surface area contributed by atoms with Crippen LogP contribution in [0.3, 0.4) is 0 Å². The fourth-order valence-corrected chi connectivity index (χ4v) is 1.26. The summed E-state index contributed by atoms with van der Waals surface area (Å²) in [5, 5.41) is 9.49. The Balaban J connectivity index is 2.55. The van der Waals surface area contributed by atoms with Crippen molar-refractivity contribution in [2.24, 2.45) is 0 Å². The van der Waals surface area contributed by atoms with E-state index in [2.05, 4.69) is 6.58 Å². The van der Waals surface area contributed by atoms with Crippen molar-refractivity contribution in [3.8, 4) is 0 Å². The number of hydrogen-bond acceptors (Lipinski definition) is 1. The average molecular weight is 176 g/mol. The molecule has 0 aliphatic carbocycles. The lowest BCUT2D eigenvalue weighted by Gasteiger charge is -2.11. The van der Waals surface area contributed by atoms with E-state index in [4.69, 9.17) is 0 Å². The van der Waals surface area contributed by atoms with E-state index in [1.54, 1.807) is 0 Å². The lowest BCUT2D eigenvalue weighted by Crippen LogP contribution is -2.09. The Hall–Kier alpha value is -1.08. The summed E-state index contributed by atoms with van der Waals surface area (Å²) in [4.78, 5) is 0. The van der Waals surface area contributed by atoms with Crippen molar-refractivity contribution in [2.75, 3.05) is 0 Å². The first-order chi connectivity index (χ1) is 6.24. The van der Waals surface area contributed by atoms with E-state index in [1.807, 2.05) is 37.3 Å². The van der Waals surface area contributed by atoms with Gasteiger partial charge in [0.2, 0.25) is 0 Å². The molecule has 0 fully saturated rings. The van der Waals surface area contributed by atoms with Crippen LogP contribution in [-0.4, -0.2) is 11.2 Å². The molecule has 0 amide bonds. The quantitative estimate of drug-likeness (QED) is 0.699. The van der Waals surface area contributed by atoms with Gasteiger partial charge in [-0.1, -0.05) is 43.8 Å². The molecule has 0 aliphatic heterocycles. The molecular formula is C12H16O. The Morgan fingerprint density at radius 2 is 2.00 bits per heavy atom. The molecule has 1 N–H and O–H groups in total. The normalized spacial score (nSPS) is 12.5. The lowest BCUT2D eigenvalue weighted by atomic mass is 10.0. The smallest absolute Gasteiger partial charge is 0.0748 e. The number of aliphatic hydroxyl groups excluding tert-OH is 1. The van der Waals surface area contributed by atoms with Crippen molar-refractivity contribution >= 4 is 0 Å². The summed E-state index contributed by atoms with van der Waals surface area (Å²) in [6, 6.07) is 10.1. The van der Waals surface area contributed by atoms with Crippen LogP contribution in [0.1, 0.15) is 18.9 Å². The van der Waals surface area contributed by atoms with Crippen LogP contribution < -0.4 is 0 Å². The van der Waals surface area contributed by atoms with Crippen LogP contribution in [0.15, 0.2) is 42.5 Å². The van der Waals surface area contributed by atoms with Crippen LogP contribution in [-0.2, 0) is 6.42 Å². The van der Waals surface area contributed by atoms with Crippen molar-refractivity contribution in [1.82, 2.24) is 0 Å². The van der Waals surface area contributed by atoms with Gasteiger partial charge in [-0.3, -0.25) is 0 Å². The summed E-state index contributed by atoms with van der Waals surface area (Å²) in [6.07, 6.45) is 1.15. The molecule has 0 aliphatic rings. The van der Waals surface area contributed by atoms with Crippen molar-refractivity contribution < 1.29 is 5.11 Å². The number of hydrogen-bond donors (Lipinski definition) is 1. The highest BCUT2D eigenvalue weighted by Gasteiger charge is 2.05. The van der Waals surface area contributed by atoms with Gasteiger partial charge >= 0.3 is 0 Å². The summed E-state index contributed by atoms with van der Waals surface area (Å²) in [7, 11) is 0. The van der Waals surface area contributed by atoms with Crippen molar-refractivity contribution in [2.45, 2.75) is 25.9 Å². The second-order valence-electron chi connectivity index (χ2n) is 3.24. The minimum absolute atomic E-state index is 0.361. The topological polar surface area (TPSA) is 20.2 Å². The zero-order chi connectivity index (χ0) is 9.68. The SMILES string of the molecule is C=C(Cc1ccccc1)[C@@H](O)CC. The number of benzene rings is 1. The second-order valence-corrected chi connectivity index (χ2v) is 3.24. The van der Waals surface area contributed by atoms with Gasteiger partial charge in [-0.05, 0) is 24.0 Å². The molecule has 0 unspecified atom stereocenters. The summed E-state index contributed by atoms with van der Waals surface area (Å²) in [6.45, 7) is 5.83. The van der Waals surface area contributed by atoms with Crippen LogP contribution in [0.2, 0.25) is 0 Å². The molecule has 13 heavy (non-hydrogen) atoms. The predicted octanol–water partition coefficient (Wildman–Crippen LogP) is 2.56. The molecule has 0 spiro atoms. The van der Waals surface area contributed by atoms with Gasteiger partial charge < -0.3 is 5.11 Å². The van der Waals surface area contributed by atoms with Gasteiger partial charge in [-0.25, -0.2) is 0 Å². The van der Waals surface area contributed by atoms with Crippen LogP contribution in [0, 0.1) is 0 Å². The van der Waals surface area contributed by atoms with Gasteiger partial charge in [-0.15, -0.1) is 0 Å². The number of aliphatic hydroxyl groups is 1. The van der Waals surface area contributed by atoms with Gasteiger partial charge in [0.25, 0.3) is 0 Å². The van der Waals surface area contributed by atoms with Gasteiger partial charge in [0.05, 0.1) is 6.10 Å². The molecule has 1 nitrogen and oxygen atoms in total. The minimum atomic E-state index is -0.361. The van der Waals surface area contributed by atoms with E-state index in [0.717, 1.165) is 18.4 Å². The maximum atomic E-state index is 9.49. The summed E-state index contributed by atoms with van der Waals surface area (Å²) < 4.78 is 0. The predicted molar refractivity (Wildman–Crippen MR) is 55.6 cm³/mol. The Morgan fingerprint density at radius 3 is 2.54 bits per heavy atom. The Morgan fingerprint density at radius 1 is 1.38 bits per heavy atom. The summed E-state index contributed by atoms with van der Waals surface area (Å²) in [5.41, 5.74) is 2.11. The molecule has 1 aromatic rings. The molecule has 0 saturated heterocycles. The Bertz CT molecular complexity index is 264. The molecule has 0 saturated carbocycles. The maximum absolute atomic E-state index is 9.49. The third-order valence-electron chi connectivity index (χ3n) is 2.13. The van der Waals surface area contributed by atoms with Gasteiger partial charge in [0, 0.05) is 0 Å². The summed E-state index contributed by atoms with van der Waals surface area (Å²) in [5.74, 6) is 0. The monoisotopic (exact) mass is 176 g/mol. The third kappa shape index (κ3) is 3.03. The highest BCUT2D eigenvalue weighted by molar-refractivity contribution is 5.21. The zero-order valence-electron chi connectivity index (χ0n) is 8.03. The molecular weight excluding hydrogens is 160 g/mol. The first kappa shape index (κ1) is 10.0. The van der Waals surface area contributed by atoms with Crippen molar-refractivity contribution in [1.29, 1.82) is 0 Å². The van der Waals surface area contributed by atoms with E-state index in [0.29, 0.717) is 0 Å². The lowest BCUT2D eigenvalue weighted by molar-refractivity contribution is 0.204. The van der Waals surface area contributed by atoms with Crippen molar-refractivity contribution in [3.63, 3.8) is 0 Å². The highest BCUT2D eigenvalue weighted by atomic mass is 16.3. The van der Waals surface area contributed by atoms with E-state index in [-0.39, 0.29) is 6.10 Å². The molecule has 1 aromatic carbocycles. The third-order valence-corrected chi connectivity index (χ3v) is 2.13. The van der Waals surface area contributed by atoms with Gasteiger partial charge in [0.15, 0.2) is 0 Å². The molecule has 1 atom stereocenters. The largest absolute Gasteiger partial charge is 0.389 e. The summed E-state index contributed by atoms with van der Waals surface area (Å²) >= 11 is 0. The minimum Gasteiger partial charge on any atom is -0.389 e. The van der Waals surface area contributed by atoms with Crippen LogP contribution in [0.25, 0.3) is 0 Å². The van der Waals surface area contributed by atoms with Crippen LogP contribution >= 0.6 is 0 Å². The number of rotatable bonds is 4. The molecule has 1 rings (SSSR count). The molecule has 70 valence electrons. The van der Waals surface area contributed by atoms with Gasteiger partial charge in [0.1, 0.15) is 0 Å². The van der Waals surface area contributed by atoms with Gasteiger partial charge in [-0.2, -0.15) is 0 Å². The first-order valence-corrected chi connectivity index (χ1v) is 4.63. The molecule has 0 radical (unpaired) electrons. The van der Waals surface area contributed by atoms with E-state index in [9.17, 15) is 5.11 Å².